The van der Waals surface area contributed by atoms with Crippen LogP contribution in [0.15, 0.2) is 12.2 Å². The maximum absolute atomic E-state index is 13.1. The van der Waals surface area contributed by atoms with Gasteiger partial charge < -0.3 is 24.6 Å². The maximum atomic E-state index is 13.1. The van der Waals surface area contributed by atoms with Gasteiger partial charge in [0.15, 0.2) is 5.79 Å². The van der Waals surface area contributed by atoms with Crippen molar-refractivity contribution in [3.8, 4) is 0 Å². The van der Waals surface area contributed by atoms with Gasteiger partial charge in [0.05, 0.1) is 25.8 Å². The van der Waals surface area contributed by atoms with Gasteiger partial charge in [0.25, 0.3) is 0 Å². The lowest BCUT2D eigenvalue weighted by Gasteiger charge is -2.48. The summed E-state index contributed by atoms with van der Waals surface area (Å²) in [5, 5.41) is 3.30. The number of nitrogens with zero attached hydrogens (tertiary/aromatic N) is 3. The third-order valence-corrected chi connectivity index (χ3v) is 7.18. The van der Waals surface area contributed by atoms with Crippen LogP contribution < -0.4 is 5.32 Å². The van der Waals surface area contributed by atoms with Crippen molar-refractivity contribution in [3.05, 3.63) is 12.2 Å². The fraction of sp³-hybridized carbons (Fsp3) is 0.833. The fourth-order valence-electron chi connectivity index (χ4n) is 5.44. The van der Waals surface area contributed by atoms with E-state index >= 15 is 0 Å². The van der Waals surface area contributed by atoms with Gasteiger partial charge >= 0.3 is 0 Å². The number of hydrogen-bond acceptors (Lipinski definition) is 6. The molecule has 2 amide bonds. The highest BCUT2D eigenvalue weighted by Crippen LogP contribution is 2.35. The Kier molecular flexibility index (Phi) is 7.54. The van der Waals surface area contributed by atoms with Crippen molar-refractivity contribution in [1.29, 1.82) is 0 Å². The molecule has 8 nitrogen and oxygen atoms in total. The lowest BCUT2D eigenvalue weighted by Crippen LogP contribution is -2.60. The second kappa shape index (κ2) is 10.2. The largest absolute Gasteiger partial charge is 0.349 e. The number of likely N-dealkylation sites (tertiary alicyclic amines) is 1. The molecule has 0 aromatic carbocycles. The maximum Gasteiger partial charge on any atom is 0.242 e. The third-order valence-electron chi connectivity index (χ3n) is 7.18. The summed E-state index contributed by atoms with van der Waals surface area (Å²) in [5.74, 6) is 0.350. The van der Waals surface area contributed by atoms with E-state index in [0.29, 0.717) is 51.0 Å². The second-order valence-electron chi connectivity index (χ2n) is 10.4. The van der Waals surface area contributed by atoms with Gasteiger partial charge in [-0.05, 0) is 19.3 Å². The Labute approximate surface area is 192 Å². The highest BCUT2D eigenvalue weighted by atomic mass is 16.7. The minimum Gasteiger partial charge on any atom is -0.349 e. The van der Waals surface area contributed by atoms with Gasteiger partial charge in [-0.2, -0.15) is 0 Å². The number of carbonyl (C=O) groups excluding carboxylic acids is 2. The van der Waals surface area contributed by atoms with E-state index in [4.69, 9.17) is 9.47 Å². The molecule has 0 radical (unpaired) electrons. The molecule has 4 heterocycles. The number of hydrogen-bond donors (Lipinski definition) is 1. The van der Waals surface area contributed by atoms with E-state index in [1.165, 1.54) is 0 Å². The quantitative estimate of drug-likeness (QED) is 0.613. The van der Waals surface area contributed by atoms with Crippen molar-refractivity contribution in [2.75, 3.05) is 59.0 Å². The highest BCUT2D eigenvalue weighted by molar-refractivity contribution is 5.88. The molecule has 0 saturated carbocycles. The number of piperazine rings is 1. The standard InChI is InChI=1S/C24H40N4O4/c1-18(2)12-21-23(30)27(11-7-25-21)15-22(29)28-10-6-24(13-19(28)3)31-16-20(17-32-24)14-26-8-4-5-9-26/h4-5,18-21,25H,6-17H2,1-3H3. The van der Waals surface area contributed by atoms with Crippen LogP contribution >= 0.6 is 0 Å². The molecule has 1 spiro atoms. The van der Waals surface area contributed by atoms with E-state index in [1.54, 1.807) is 4.90 Å². The number of amides is 2. The van der Waals surface area contributed by atoms with E-state index in [9.17, 15) is 9.59 Å². The van der Waals surface area contributed by atoms with Gasteiger partial charge in [-0.1, -0.05) is 26.0 Å². The number of ether oxygens (including phenoxy) is 2. The summed E-state index contributed by atoms with van der Waals surface area (Å²) in [5.41, 5.74) is 0. The van der Waals surface area contributed by atoms with Gasteiger partial charge in [0, 0.05) is 64.1 Å². The Morgan fingerprint density at radius 2 is 1.94 bits per heavy atom. The van der Waals surface area contributed by atoms with Crippen LogP contribution in [0.1, 0.15) is 40.0 Å². The minimum atomic E-state index is -0.566. The zero-order valence-corrected chi connectivity index (χ0v) is 19.9. The van der Waals surface area contributed by atoms with E-state index in [0.717, 1.165) is 32.6 Å². The van der Waals surface area contributed by atoms with Crippen LogP contribution in [-0.4, -0.2) is 103 Å². The van der Waals surface area contributed by atoms with Crippen molar-refractivity contribution in [2.24, 2.45) is 11.8 Å². The van der Waals surface area contributed by atoms with Crippen molar-refractivity contribution < 1.29 is 19.1 Å². The molecule has 180 valence electrons. The molecule has 0 aromatic rings. The van der Waals surface area contributed by atoms with Crippen LogP contribution in [-0.2, 0) is 19.1 Å². The molecule has 4 aliphatic heterocycles. The summed E-state index contributed by atoms with van der Waals surface area (Å²) < 4.78 is 12.5. The Bertz CT molecular complexity index is 696. The van der Waals surface area contributed by atoms with Crippen LogP contribution in [0.4, 0.5) is 0 Å². The zero-order valence-electron chi connectivity index (χ0n) is 19.9. The van der Waals surface area contributed by atoms with Crippen molar-refractivity contribution in [2.45, 2.75) is 57.9 Å². The monoisotopic (exact) mass is 448 g/mol. The molecule has 0 bridgehead atoms. The topological polar surface area (TPSA) is 74.3 Å². The van der Waals surface area contributed by atoms with Crippen LogP contribution in [0.25, 0.3) is 0 Å². The highest BCUT2D eigenvalue weighted by Gasteiger charge is 2.45. The molecule has 0 aromatic heterocycles. The molecule has 2 unspecified atom stereocenters. The van der Waals surface area contributed by atoms with Gasteiger partial charge in [-0.15, -0.1) is 0 Å². The number of carbonyl (C=O) groups is 2. The molecular weight excluding hydrogens is 408 g/mol. The van der Waals surface area contributed by atoms with Crippen LogP contribution in [0, 0.1) is 11.8 Å². The predicted molar refractivity (Wildman–Crippen MR) is 122 cm³/mol. The number of piperidine rings is 1. The number of nitrogens with one attached hydrogen (secondary N) is 1. The molecular formula is C24H40N4O4. The minimum absolute atomic E-state index is 0.0278. The molecule has 1 N–H and O–H groups in total. The van der Waals surface area contributed by atoms with E-state index in [2.05, 4.69) is 43.1 Å². The van der Waals surface area contributed by atoms with E-state index < -0.39 is 5.79 Å². The van der Waals surface area contributed by atoms with Crippen molar-refractivity contribution >= 4 is 11.8 Å². The summed E-state index contributed by atoms with van der Waals surface area (Å²) in [6, 6.07) is -0.146. The zero-order chi connectivity index (χ0) is 22.7. The molecule has 8 heteroatoms. The van der Waals surface area contributed by atoms with Crippen molar-refractivity contribution in [3.63, 3.8) is 0 Å². The van der Waals surface area contributed by atoms with Crippen LogP contribution in [0.3, 0.4) is 0 Å². The first kappa shape index (κ1) is 23.7. The average molecular weight is 449 g/mol. The van der Waals surface area contributed by atoms with E-state index in [1.807, 2.05) is 4.90 Å². The molecule has 0 aliphatic carbocycles. The molecule has 32 heavy (non-hydrogen) atoms. The van der Waals surface area contributed by atoms with Gasteiger partial charge in [-0.25, -0.2) is 0 Å². The summed E-state index contributed by atoms with van der Waals surface area (Å²) >= 11 is 0. The lowest BCUT2D eigenvalue weighted by atomic mass is 9.94. The Hall–Kier alpha value is -1.48. The lowest BCUT2D eigenvalue weighted by molar-refractivity contribution is -0.303. The smallest absolute Gasteiger partial charge is 0.242 e. The normalized spacial score (nSPS) is 34.1. The average Bonchev–Trinajstić information content (AvgIpc) is 3.26. The van der Waals surface area contributed by atoms with Gasteiger partial charge in [-0.3, -0.25) is 14.5 Å². The van der Waals surface area contributed by atoms with Crippen LogP contribution in [0.5, 0.6) is 0 Å². The van der Waals surface area contributed by atoms with Crippen LogP contribution in [0.2, 0.25) is 0 Å². The fourth-order valence-corrected chi connectivity index (χ4v) is 5.44. The second-order valence-corrected chi connectivity index (χ2v) is 10.4. The molecule has 3 fully saturated rings. The summed E-state index contributed by atoms with van der Waals surface area (Å²) in [7, 11) is 0. The number of rotatable bonds is 6. The summed E-state index contributed by atoms with van der Waals surface area (Å²) in [4.78, 5) is 31.9. The summed E-state index contributed by atoms with van der Waals surface area (Å²) in [6.45, 7) is 12.9. The first-order chi connectivity index (χ1) is 15.3. The SMILES string of the molecule is CC(C)CC1NCCN(CC(=O)N2CCC3(CC2C)OCC(CN2CC=CC2)CO3)C1=O. The predicted octanol–water partition coefficient (Wildman–Crippen LogP) is 1.07. The van der Waals surface area contributed by atoms with E-state index in [-0.39, 0.29) is 30.4 Å². The molecule has 4 aliphatic rings. The summed E-state index contributed by atoms with van der Waals surface area (Å²) in [6.07, 6.45) is 6.59. The van der Waals surface area contributed by atoms with Crippen molar-refractivity contribution in [1.82, 2.24) is 20.0 Å². The van der Waals surface area contributed by atoms with Gasteiger partial charge in [0.1, 0.15) is 0 Å². The Morgan fingerprint density at radius 3 is 2.59 bits per heavy atom. The molecule has 2 atom stereocenters. The Balaban J connectivity index is 1.25. The molecule has 3 saturated heterocycles. The Morgan fingerprint density at radius 1 is 1.22 bits per heavy atom. The molecule has 4 rings (SSSR count). The third kappa shape index (κ3) is 5.53. The first-order valence-electron chi connectivity index (χ1n) is 12.3. The van der Waals surface area contributed by atoms with Gasteiger partial charge in [0.2, 0.25) is 11.8 Å². The first-order valence-corrected chi connectivity index (χ1v) is 12.3.